The Morgan fingerprint density at radius 2 is 2.07 bits per heavy atom. The van der Waals surface area contributed by atoms with E-state index in [1.165, 1.54) is 12.1 Å². The van der Waals surface area contributed by atoms with Gasteiger partial charge in [0, 0.05) is 39.2 Å². The number of ether oxygens (including phenoxy) is 1. The van der Waals surface area contributed by atoms with Gasteiger partial charge in [0.05, 0.1) is 6.61 Å². The molecule has 6 nitrogen and oxygen atoms in total. The first-order valence-corrected chi connectivity index (χ1v) is 8.97. The molecule has 1 amide bonds. The van der Waals surface area contributed by atoms with Crippen LogP contribution in [0.5, 0.6) is 0 Å². The molecule has 0 fully saturated rings. The van der Waals surface area contributed by atoms with E-state index < -0.39 is 0 Å². The van der Waals surface area contributed by atoms with E-state index in [1.54, 1.807) is 25.4 Å². The Balaban J connectivity index is 1.53. The maximum atomic E-state index is 12.9. The Hall–Kier alpha value is -2.80. The molecule has 0 radical (unpaired) electrons. The predicted octanol–water partition coefficient (Wildman–Crippen LogP) is 2.86. The van der Waals surface area contributed by atoms with Gasteiger partial charge in [-0.15, -0.1) is 0 Å². The highest BCUT2D eigenvalue weighted by molar-refractivity contribution is 5.76. The number of nitrogens with one attached hydrogen (secondary N) is 1. The summed E-state index contributed by atoms with van der Waals surface area (Å²) >= 11 is 0. The number of aromatic nitrogens is 3. The third kappa shape index (κ3) is 5.10. The number of nitrogens with zero attached hydrogens (tertiary/aromatic N) is 3. The molecule has 3 aromatic rings. The van der Waals surface area contributed by atoms with Crippen LogP contribution in [0, 0.1) is 5.82 Å². The summed E-state index contributed by atoms with van der Waals surface area (Å²) in [6, 6.07) is 9.91. The third-order valence-corrected chi connectivity index (χ3v) is 4.31. The number of pyridine rings is 1. The number of hydrogen-bond acceptors (Lipinski definition) is 4. The van der Waals surface area contributed by atoms with Crippen molar-refractivity contribution in [3.8, 4) is 0 Å². The van der Waals surface area contributed by atoms with Crippen molar-refractivity contribution in [1.29, 1.82) is 0 Å². The molecule has 0 saturated heterocycles. The van der Waals surface area contributed by atoms with Crippen LogP contribution in [0.3, 0.4) is 0 Å². The maximum Gasteiger partial charge on any atom is 0.220 e. The van der Waals surface area contributed by atoms with Crippen LogP contribution < -0.4 is 5.32 Å². The van der Waals surface area contributed by atoms with E-state index in [1.807, 2.05) is 12.1 Å². The van der Waals surface area contributed by atoms with Gasteiger partial charge >= 0.3 is 0 Å². The number of carbonyl (C=O) groups excluding carboxylic acids is 1. The number of imidazole rings is 1. The topological polar surface area (TPSA) is 69.0 Å². The molecule has 0 aliphatic heterocycles. The average molecular weight is 370 g/mol. The lowest BCUT2D eigenvalue weighted by molar-refractivity contribution is -0.121. The second kappa shape index (κ2) is 9.23. The lowest BCUT2D eigenvalue weighted by atomic mass is 10.2. The molecule has 0 bridgehead atoms. The largest absolute Gasteiger partial charge is 0.383 e. The fourth-order valence-corrected chi connectivity index (χ4v) is 2.91. The molecule has 0 aliphatic carbocycles. The molecule has 3 rings (SSSR count). The first kappa shape index (κ1) is 19.0. The van der Waals surface area contributed by atoms with Crippen LogP contribution in [-0.4, -0.2) is 34.2 Å². The highest BCUT2D eigenvalue weighted by atomic mass is 19.1. The number of rotatable bonds is 9. The molecule has 0 atom stereocenters. The van der Waals surface area contributed by atoms with E-state index >= 15 is 0 Å². The molecule has 142 valence electrons. The quantitative estimate of drug-likeness (QED) is 0.629. The highest BCUT2D eigenvalue weighted by Crippen LogP contribution is 2.15. The van der Waals surface area contributed by atoms with Crippen LogP contribution in [0.25, 0.3) is 11.2 Å². The molecule has 0 aliphatic rings. The van der Waals surface area contributed by atoms with E-state index in [0.717, 1.165) is 22.6 Å². The Morgan fingerprint density at radius 3 is 2.85 bits per heavy atom. The monoisotopic (exact) mass is 370 g/mol. The number of halogens is 1. The van der Waals surface area contributed by atoms with E-state index in [0.29, 0.717) is 39.0 Å². The smallest absolute Gasteiger partial charge is 0.220 e. The van der Waals surface area contributed by atoms with E-state index in [9.17, 15) is 9.18 Å². The van der Waals surface area contributed by atoms with Crippen molar-refractivity contribution in [3.05, 3.63) is 59.8 Å². The van der Waals surface area contributed by atoms with Crippen molar-refractivity contribution in [2.24, 2.45) is 0 Å². The molecule has 2 heterocycles. The summed E-state index contributed by atoms with van der Waals surface area (Å²) in [4.78, 5) is 21.1. The standard InChI is InChI=1S/C20H23FN4O2/c1-27-13-12-25-18(24-17-4-3-11-22-20(17)25)5-2-6-19(26)23-14-15-7-9-16(21)10-8-15/h3-4,7-11H,2,5-6,12-14H2,1H3,(H,23,26). The molecule has 27 heavy (non-hydrogen) atoms. The Kier molecular flexibility index (Phi) is 6.49. The third-order valence-electron chi connectivity index (χ3n) is 4.31. The second-order valence-electron chi connectivity index (χ2n) is 6.28. The molecule has 7 heteroatoms. The first-order valence-electron chi connectivity index (χ1n) is 8.97. The van der Waals surface area contributed by atoms with Crippen LogP contribution in [0.1, 0.15) is 24.2 Å². The number of aryl methyl sites for hydroxylation is 1. The lowest BCUT2D eigenvalue weighted by Crippen LogP contribution is -2.22. The number of methoxy groups -OCH3 is 1. The van der Waals surface area contributed by atoms with Gasteiger partial charge in [-0.1, -0.05) is 12.1 Å². The minimum Gasteiger partial charge on any atom is -0.383 e. The summed E-state index contributed by atoms with van der Waals surface area (Å²) < 4.78 is 20.1. The van der Waals surface area contributed by atoms with Gasteiger partial charge in [-0.3, -0.25) is 4.79 Å². The van der Waals surface area contributed by atoms with Crippen molar-refractivity contribution >= 4 is 17.1 Å². The summed E-state index contributed by atoms with van der Waals surface area (Å²) in [5.74, 6) is 0.597. The Morgan fingerprint density at radius 1 is 1.26 bits per heavy atom. The molecule has 1 N–H and O–H groups in total. The van der Waals surface area contributed by atoms with Crippen LogP contribution >= 0.6 is 0 Å². The Labute approximate surface area is 157 Å². The highest BCUT2D eigenvalue weighted by Gasteiger charge is 2.12. The number of fused-ring (bicyclic) bond motifs is 1. The van der Waals surface area contributed by atoms with Crippen LogP contribution in [0.4, 0.5) is 4.39 Å². The van der Waals surface area contributed by atoms with Crippen molar-refractivity contribution in [1.82, 2.24) is 19.9 Å². The van der Waals surface area contributed by atoms with Gasteiger partial charge in [0.1, 0.15) is 17.2 Å². The average Bonchev–Trinajstić information content (AvgIpc) is 3.03. The van der Waals surface area contributed by atoms with Crippen molar-refractivity contribution in [2.75, 3.05) is 13.7 Å². The van der Waals surface area contributed by atoms with Crippen LogP contribution in [0.2, 0.25) is 0 Å². The second-order valence-corrected chi connectivity index (χ2v) is 6.28. The molecular formula is C20H23FN4O2. The normalized spacial score (nSPS) is 11.0. The lowest BCUT2D eigenvalue weighted by Gasteiger charge is -2.08. The van der Waals surface area contributed by atoms with Gasteiger partial charge in [-0.2, -0.15) is 0 Å². The number of benzene rings is 1. The summed E-state index contributed by atoms with van der Waals surface area (Å²) in [7, 11) is 1.66. The predicted molar refractivity (Wildman–Crippen MR) is 101 cm³/mol. The van der Waals surface area contributed by atoms with E-state index in [-0.39, 0.29) is 11.7 Å². The minimum atomic E-state index is -0.282. The van der Waals surface area contributed by atoms with Crippen LogP contribution in [-0.2, 0) is 29.0 Å². The summed E-state index contributed by atoms with van der Waals surface area (Å²) in [6.45, 7) is 1.65. The van der Waals surface area contributed by atoms with Crippen LogP contribution in [0.15, 0.2) is 42.6 Å². The zero-order valence-corrected chi connectivity index (χ0v) is 15.3. The first-order chi connectivity index (χ1) is 13.2. The SMILES string of the molecule is COCCn1c(CCCC(=O)NCc2ccc(F)cc2)nc2cccnc21. The molecule has 0 unspecified atom stereocenters. The van der Waals surface area contributed by atoms with E-state index in [2.05, 4.69) is 19.9 Å². The zero-order chi connectivity index (χ0) is 19.1. The number of amides is 1. The number of hydrogen-bond donors (Lipinski definition) is 1. The van der Waals surface area contributed by atoms with Crippen molar-refractivity contribution < 1.29 is 13.9 Å². The van der Waals surface area contributed by atoms with E-state index in [4.69, 9.17) is 4.74 Å². The van der Waals surface area contributed by atoms with Gasteiger partial charge in [-0.25, -0.2) is 14.4 Å². The molecule has 0 saturated carbocycles. The summed E-state index contributed by atoms with van der Waals surface area (Å²) in [6.07, 6.45) is 3.53. The summed E-state index contributed by atoms with van der Waals surface area (Å²) in [5.41, 5.74) is 2.56. The van der Waals surface area contributed by atoms with Crippen molar-refractivity contribution in [2.45, 2.75) is 32.4 Å². The van der Waals surface area contributed by atoms with Gasteiger partial charge in [0.25, 0.3) is 0 Å². The fourth-order valence-electron chi connectivity index (χ4n) is 2.91. The van der Waals surface area contributed by atoms with Gasteiger partial charge < -0.3 is 14.6 Å². The van der Waals surface area contributed by atoms with Gasteiger partial charge in [0.15, 0.2) is 5.65 Å². The van der Waals surface area contributed by atoms with Gasteiger partial charge in [-0.05, 0) is 36.2 Å². The number of carbonyl (C=O) groups is 1. The fraction of sp³-hybridized carbons (Fsp3) is 0.350. The molecule has 0 spiro atoms. The minimum absolute atomic E-state index is 0.0306. The molecule has 2 aromatic heterocycles. The summed E-state index contributed by atoms with van der Waals surface area (Å²) in [5, 5.41) is 2.86. The molecule has 1 aromatic carbocycles. The maximum absolute atomic E-state index is 12.9. The zero-order valence-electron chi connectivity index (χ0n) is 15.3. The van der Waals surface area contributed by atoms with Gasteiger partial charge in [0.2, 0.25) is 5.91 Å². The van der Waals surface area contributed by atoms with Crippen molar-refractivity contribution in [3.63, 3.8) is 0 Å². The Bertz CT molecular complexity index is 893. The molecular weight excluding hydrogens is 347 g/mol.